The van der Waals surface area contributed by atoms with E-state index in [1.807, 2.05) is 0 Å². The van der Waals surface area contributed by atoms with E-state index >= 15 is 0 Å². The molecule has 1 aromatic carbocycles. The smallest absolute Gasteiger partial charge is 0.0655 e. The third kappa shape index (κ3) is 3.98. The van der Waals surface area contributed by atoms with Crippen LogP contribution in [-0.2, 0) is 4.74 Å². The minimum absolute atomic E-state index is 0.265. The maximum Gasteiger partial charge on any atom is 0.0655 e. The van der Waals surface area contributed by atoms with Gasteiger partial charge in [0.15, 0.2) is 0 Å². The molecule has 1 aliphatic carbocycles. The second-order valence-corrected chi connectivity index (χ2v) is 6.62. The van der Waals surface area contributed by atoms with Crippen LogP contribution in [0.3, 0.4) is 0 Å². The lowest BCUT2D eigenvalue weighted by Crippen LogP contribution is -2.61. The summed E-state index contributed by atoms with van der Waals surface area (Å²) in [5.74, 6) is 0. The highest BCUT2D eigenvalue weighted by Crippen LogP contribution is 2.42. The van der Waals surface area contributed by atoms with Crippen LogP contribution in [-0.4, -0.2) is 38.9 Å². The highest BCUT2D eigenvalue weighted by Gasteiger charge is 2.48. The molecular formula is C18H30N2O. The van der Waals surface area contributed by atoms with Gasteiger partial charge in [-0.25, -0.2) is 0 Å². The summed E-state index contributed by atoms with van der Waals surface area (Å²) in [6.07, 6.45) is 2.74. The van der Waals surface area contributed by atoms with Gasteiger partial charge in [-0.05, 0) is 38.4 Å². The van der Waals surface area contributed by atoms with E-state index in [2.05, 4.69) is 68.4 Å². The standard InChI is InChI=1S/C18H30N2O/c1-5-21-17-14-16(18(17,2)3)19-12-9-13-20(4)15-10-7-6-8-11-15/h6-8,10-11,16-17,19H,5,9,12-14H2,1-4H3. The number of ether oxygens (including phenoxy) is 1. The van der Waals surface area contributed by atoms with Gasteiger partial charge in [-0.15, -0.1) is 0 Å². The number of hydrogen-bond acceptors (Lipinski definition) is 3. The van der Waals surface area contributed by atoms with Crippen molar-refractivity contribution in [3.8, 4) is 0 Å². The first-order valence-electron chi connectivity index (χ1n) is 8.17. The minimum Gasteiger partial charge on any atom is -0.378 e. The van der Waals surface area contributed by atoms with Crippen LogP contribution in [0.1, 0.15) is 33.6 Å². The Labute approximate surface area is 129 Å². The number of rotatable bonds is 8. The van der Waals surface area contributed by atoms with Gasteiger partial charge >= 0.3 is 0 Å². The lowest BCUT2D eigenvalue weighted by Gasteiger charge is -2.52. The van der Waals surface area contributed by atoms with Gasteiger partial charge in [-0.2, -0.15) is 0 Å². The van der Waals surface area contributed by atoms with Crippen molar-refractivity contribution < 1.29 is 4.74 Å². The van der Waals surface area contributed by atoms with Crippen molar-refractivity contribution in [2.45, 2.75) is 45.8 Å². The highest BCUT2D eigenvalue weighted by atomic mass is 16.5. The van der Waals surface area contributed by atoms with Crippen molar-refractivity contribution >= 4 is 5.69 Å². The summed E-state index contributed by atoms with van der Waals surface area (Å²) in [6, 6.07) is 11.2. The van der Waals surface area contributed by atoms with Crippen molar-refractivity contribution in [1.29, 1.82) is 0 Å². The largest absolute Gasteiger partial charge is 0.378 e. The first kappa shape index (κ1) is 16.3. The average Bonchev–Trinajstić information content (AvgIpc) is 2.50. The van der Waals surface area contributed by atoms with Gasteiger partial charge in [-0.3, -0.25) is 0 Å². The zero-order valence-corrected chi connectivity index (χ0v) is 13.9. The van der Waals surface area contributed by atoms with Crippen LogP contribution >= 0.6 is 0 Å². The van der Waals surface area contributed by atoms with Crippen LogP contribution in [0.2, 0.25) is 0 Å². The second kappa shape index (κ2) is 7.28. The number of anilines is 1. The molecule has 0 saturated heterocycles. The summed E-state index contributed by atoms with van der Waals surface area (Å²) in [5.41, 5.74) is 1.55. The van der Waals surface area contributed by atoms with Crippen LogP contribution in [0, 0.1) is 5.41 Å². The topological polar surface area (TPSA) is 24.5 Å². The Morgan fingerprint density at radius 1 is 1.29 bits per heavy atom. The molecule has 0 radical (unpaired) electrons. The molecule has 1 aliphatic rings. The lowest BCUT2D eigenvalue weighted by molar-refractivity contribution is -0.113. The van der Waals surface area contributed by atoms with Crippen molar-refractivity contribution in [3.63, 3.8) is 0 Å². The van der Waals surface area contributed by atoms with E-state index in [-0.39, 0.29) is 5.41 Å². The molecular weight excluding hydrogens is 260 g/mol. The van der Waals surface area contributed by atoms with Crippen molar-refractivity contribution in [2.75, 3.05) is 31.6 Å². The van der Waals surface area contributed by atoms with Crippen LogP contribution in [0.4, 0.5) is 5.69 Å². The SMILES string of the molecule is CCOC1CC(NCCCN(C)c2ccccc2)C1(C)C. The Kier molecular flexibility index (Phi) is 5.65. The molecule has 0 aromatic heterocycles. The van der Waals surface area contributed by atoms with Crippen LogP contribution in [0.5, 0.6) is 0 Å². The van der Waals surface area contributed by atoms with Gasteiger partial charge in [0.2, 0.25) is 0 Å². The molecule has 1 aromatic rings. The van der Waals surface area contributed by atoms with E-state index in [9.17, 15) is 0 Å². The maximum absolute atomic E-state index is 5.78. The summed E-state index contributed by atoms with van der Waals surface area (Å²) in [4.78, 5) is 2.32. The molecule has 0 amide bonds. The van der Waals surface area contributed by atoms with E-state index in [0.29, 0.717) is 12.1 Å². The fourth-order valence-corrected chi connectivity index (χ4v) is 3.12. The Balaban J connectivity index is 1.65. The van der Waals surface area contributed by atoms with E-state index in [1.165, 1.54) is 5.69 Å². The zero-order valence-electron chi connectivity index (χ0n) is 13.9. The molecule has 21 heavy (non-hydrogen) atoms. The lowest BCUT2D eigenvalue weighted by atomic mass is 9.64. The van der Waals surface area contributed by atoms with E-state index < -0.39 is 0 Å². The predicted molar refractivity (Wildman–Crippen MR) is 89.9 cm³/mol. The van der Waals surface area contributed by atoms with E-state index in [4.69, 9.17) is 4.74 Å². The van der Waals surface area contributed by atoms with Gasteiger partial charge in [0.05, 0.1) is 6.10 Å². The number of nitrogens with one attached hydrogen (secondary N) is 1. The number of benzene rings is 1. The summed E-state index contributed by atoms with van der Waals surface area (Å²) in [5, 5.41) is 3.70. The normalized spacial score (nSPS) is 23.6. The summed E-state index contributed by atoms with van der Waals surface area (Å²) < 4.78 is 5.78. The average molecular weight is 290 g/mol. The van der Waals surface area contributed by atoms with Gasteiger partial charge in [0.1, 0.15) is 0 Å². The number of hydrogen-bond donors (Lipinski definition) is 1. The quantitative estimate of drug-likeness (QED) is 0.743. The first-order chi connectivity index (χ1) is 10.1. The summed E-state index contributed by atoms with van der Waals surface area (Å²) in [7, 11) is 2.16. The molecule has 2 unspecified atom stereocenters. The molecule has 0 aliphatic heterocycles. The third-order valence-corrected chi connectivity index (χ3v) is 4.80. The molecule has 118 valence electrons. The van der Waals surface area contributed by atoms with Gasteiger partial charge in [0, 0.05) is 37.3 Å². The first-order valence-corrected chi connectivity index (χ1v) is 8.17. The molecule has 0 heterocycles. The predicted octanol–water partition coefficient (Wildman–Crippen LogP) is 3.31. The molecule has 3 nitrogen and oxygen atoms in total. The second-order valence-electron chi connectivity index (χ2n) is 6.62. The fraction of sp³-hybridized carbons (Fsp3) is 0.667. The van der Waals surface area contributed by atoms with E-state index in [1.54, 1.807) is 0 Å². The molecule has 1 N–H and O–H groups in total. The molecule has 2 atom stereocenters. The van der Waals surface area contributed by atoms with Crippen LogP contribution in [0.25, 0.3) is 0 Å². The monoisotopic (exact) mass is 290 g/mol. The molecule has 1 fully saturated rings. The van der Waals surface area contributed by atoms with Crippen LogP contribution < -0.4 is 10.2 Å². The van der Waals surface area contributed by atoms with Gasteiger partial charge in [-0.1, -0.05) is 32.0 Å². The third-order valence-electron chi connectivity index (χ3n) is 4.80. The van der Waals surface area contributed by atoms with Crippen molar-refractivity contribution in [2.24, 2.45) is 5.41 Å². The number of nitrogens with zero attached hydrogens (tertiary/aromatic N) is 1. The minimum atomic E-state index is 0.265. The molecule has 0 bridgehead atoms. The number of para-hydroxylation sites is 1. The molecule has 2 rings (SSSR count). The van der Waals surface area contributed by atoms with Gasteiger partial charge in [0.25, 0.3) is 0 Å². The zero-order chi connectivity index (χ0) is 15.3. The highest BCUT2D eigenvalue weighted by molar-refractivity contribution is 5.44. The molecule has 0 spiro atoms. The summed E-state index contributed by atoms with van der Waals surface area (Å²) in [6.45, 7) is 9.68. The molecule has 3 heteroatoms. The van der Waals surface area contributed by atoms with E-state index in [0.717, 1.165) is 32.5 Å². The summed E-state index contributed by atoms with van der Waals surface area (Å²) >= 11 is 0. The van der Waals surface area contributed by atoms with Gasteiger partial charge < -0.3 is 15.0 Å². The van der Waals surface area contributed by atoms with Crippen molar-refractivity contribution in [3.05, 3.63) is 30.3 Å². The van der Waals surface area contributed by atoms with Crippen molar-refractivity contribution in [1.82, 2.24) is 5.32 Å². The fourth-order valence-electron chi connectivity index (χ4n) is 3.12. The maximum atomic E-state index is 5.78. The Morgan fingerprint density at radius 3 is 2.62 bits per heavy atom. The Hall–Kier alpha value is -1.06. The Bertz CT molecular complexity index is 418. The Morgan fingerprint density at radius 2 is 2.00 bits per heavy atom. The van der Waals surface area contributed by atoms with Crippen LogP contribution in [0.15, 0.2) is 30.3 Å². The molecule has 1 saturated carbocycles.